The fraction of sp³-hybridized carbons (Fsp3) is 0.353. The molecule has 1 heterocycles. The van der Waals surface area contributed by atoms with E-state index in [0.29, 0.717) is 11.4 Å². The lowest BCUT2D eigenvalue weighted by atomic mass is 10.0. The van der Waals surface area contributed by atoms with Gasteiger partial charge in [0.05, 0.1) is 11.3 Å². The summed E-state index contributed by atoms with van der Waals surface area (Å²) in [6, 6.07) is 9.89. The highest BCUT2D eigenvalue weighted by Gasteiger charge is 2.31. The zero-order chi connectivity index (χ0) is 15.0. The van der Waals surface area contributed by atoms with Crippen molar-refractivity contribution in [3.8, 4) is 11.3 Å². The Morgan fingerprint density at radius 1 is 1.10 bits per heavy atom. The van der Waals surface area contributed by atoms with Gasteiger partial charge >= 0.3 is 6.18 Å². The minimum atomic E-state index is -4.34. The van der Waals surface area contributed by atoms with Gasteiger partial charge in [-0.3, -0.25) is 4.98 Å². The second kappa shape index (κ2) is 5.17. The van der Waals surface area contributed by atoms with Gasteiger partial charge in [-0.25, -0.2) is 0 Å². The first-order valence-electron chi connectivity index (χ1n) is 7.07. The maximum absolute atomic E-state index is 12.9. The lowest BCUT2D eigenvalue weighted by Gasteiger charge is -2.10. The second-order valence-corrected chi connectivity index (χ2v) is 5.72. The molecule has 1 saturated carbocycles. The highest BCUT2D eigenvalue weighted by atomic mass is 19.4. The Labute approximate surface area is 121 Å². The van der Waals surface area contributed by atoms with Crippen LogP contribution in [-0.2, 0) is 12.6 Å². The third kappa shape index (κ3) is 3.43. The van der Waals surface area contributed by atoms with Gasteiger partial charge in [0, 0.05) is 11.3 Å². The van der Waals surface area contributed by atoms with Crippen molar-refractivity contribution >= 4 is 0 Å². The number of halogens is 3. The number of nitrogens with zero attached hydrogens (tertiary/aromatic N) is 1. The molecule has 1 aromatic heterocycles. The van der Waals surface area contributed by atoms with E-state index in [2.05, 4.69) is 4.98 Å². The molecule has 110 valence electrons. The molecule has 0 atom stereocenters. The fourth-order valence-corrected chi connectivity index (χ4v) is 2.45. The van der Waals surface area contributed by atoms with E-state index in [1.54, 1.807) is 6.92 Å². The first-order chi connectivity index (χ1) is 9.91. The molecule has 0 bridgehead atoms. The van der Waals surface area contributed by atoms with Crippen LogP contribution in [0.2, 0.25) is 0 Å². The molecule has 0 aliphatic heterocycles. The van der Waals surface area contributed by atoms with Crippen LogP contribution < -0.4 is 0 Å². The summed E-state index contributed by atoms with van der Waals surface area (Å²) in [4.78, 5) is 4.22. The van der Waals surface area contributed by atoms with Crippen LogP contribution in [-0.4, -0.2) is 4.98 Å². The summed E-state index contributed by atoms with van der Waals surface area (Å²) in [5.74, 6) is 0.796. The summed E-state index contributed by atoms with van der Waals surface area (Å²) in [7, 11) is 0. The predicted octanol–water partition coefficient (Wildman–Crippen LogP) is 5.03. The Morgan fingerprint density at radius 3 is 2.33 bits per heavy atom. The van der Waals surface area contributed by atoms with E-state index in [-0.39, 0.29) is 0 Å². The van der Waals surface area contributed by atoms with Gasteiger partial charge < -0.3 is 0 Å². The number of rotatable bonds is 3. The minimum absolute atomic E-state index is 0.375. The SMILES string of the molecule is Cc1cc(C(F)(F)F)cc(-c2ccc(CC3CC3)cc2)n1. The van der Waals surface area contributed by atoms with Crippen LogP contribution in [0.1, 0.15) is 29.7 Å². The van der Waals surface area contributed by atoms with Gasteiger partial charge in [-0.15, -0.1) is 0 Å². The molecule has 1 fully saturated rings. The number of alkyl halides is 3. The summed E-state index contributed by atoms with van der Waals surface area (Å²) >= 11 is 0. The molecule has 1 aromatic carbocycles. The molecule has 1 aliphatic carbocycles. The van der Waals surface area contributed by atoms with Crippen molar-refractivity contribution in [1.29, 1.82) is 0 Å². The Balaban J connectivity index is 1.90. The van der Waals surface area contributed by atoms with E-state index in [0.717, 1.165) is 30.0 Å². The quantitative estimate of drug-likeness (QED) is 0.773. The monoisotopic (exact) mass is 291 g/mol. The Hall–Kier alpha value is -1.84. The van der Waals surface area contributed by atoms with Crippen LogP contribution in [0.25, 0.3) is 11.3 Å². The normalized spacial score (nSPS) is 15.2. The molecule has 21 heavy (non-hydrogen) atoms. The summed E-state index contributed by atoms with van der Waals surface area (Å²) < 4.78 is 38.6. The molecule has 3 rings (SSSR count). The summed E-state index contributed by atoms with van der Waals surface area (Å²) in [6.07, 6.45) is -0.698. The zero-order valence-electron chi connectivity index (χ0n) is 11.7. The summed E-state index contributed by atoms with van der Waals surface area (Å²) in [6.45, 7) is 1.58. The topological polar surface area (TPSA) is 12.9 Å². The molecule has 2 aromatic rings. The van der Waals surface area contributed by atoms with Crippen LogP contribution >= 0.6 is 0 Å². The smallest absolute Gasteiger partial charge is 0.253 e. The maximum atomic E-state index is 12.9. The first kappa shape index (κ1) is 14.1. The van der Waals surface area contributed by atoms with Crippen LogP contribution in [0.15, 0.2) is 36.4 Å². The van der Waals surface area contributed by atoms with Crippen molar-refractivity contribution in [2.24, 2.45) is 5.92 Å². The minimum Gasteiger partial charge on any atom is -0.253 e. The number of aromatic nitrogens is 1. The van der Waals surface area contributed by atoms with E-state index in [4.69, 9.17) is 0 Å². The lowest BCUT2D eigenvalue weighted by molar-refractivity contribution is -0.137. The molecule has 1 aliphatic rings. The maximum Gasteiger partial charge on any atom is 0.416 e. The highest BCUT2D eigenvalue weighted by Crippen LogP contribution is 2.34. The average Bonchev–Trinajstić information content (AvgIpc) is 3.22. The molecule has 0 N–H and O–H groups in total. The Morgan fingerprint density at radius 2 is 1.76 bits per heavy atom. The van der Waals surface area contributed by atoms with E-state index in [1.165, 1.54) is 18.4 Å². The molecule has 0 spiro atoms. The van der Waals surface area contributed by atoms with Crippen LogP contribution in [0.4, 0.5) is 13.2 Å². The van der Waals surface area contributed by atoms with E-state index >= 15 is 0 Å². The summed E-state index contributed by atoms with van der Waals surface area (Å²) in [5.41, 5.74) is 2.07. The number of aryl methyl sites for hydroxylation is 1. The van der Waals surface area contributed by atoms with Gasteiger partial charge in [-0.05, 0) is 49.8 Å². The molecule has 0 unspecified atom stereocenters. The molecule has 0 radical (unpaired) electrons. The van der Waals surface area contributed by atoms with Crippen molar-refractivity contribution in [3.05, 3.63) is 53.2 Å². The van der Waals surface area contributed by atoms with Gasteiger partial charge in [0.15, 0.2) is 0 Å². The lowest BCUT2D eigenvalue weighted by Crippen LogP contribution is -2.06. The number of pyridine rings is 1. The Bertz CT molecular complexity index is 640. The second-order valence-electron chi connectivity index (χ2n) is 5.72. The molecule has 4 heteroatoms. The fourth-order valence-electron chi connectivity index (χ4n) is 2.45. The number of benzene rings is 1. The molecule has 0 saturated heterocycles. The summed E-state index contributed by atoms with van der Waals surface area (Å²) in [5, 5.41) is 0. The van der Waals surface area contributed by atoms with Gasteiger partial charge in [-0.2, -0.15) is 13.2 Å². The van der Waals surface area contributed by atoms with Crippen LogP contribution in [0, 0.1) is 12.8 Å². The van der Waals surface area contributed by atoms with Gasteiger partial charge in [0.2, 0.25) is 0 Å². The van der Waals surface area contributed by atoms with Crippen molar-refractivity contribution in [3.63, 3.8) is 0 Å². The molecular weight excluding hydrogens is 275 g/mol. The molecule has 0 amide bonds. The third-order valence-corrected chi connectivity index (χ3v) is 3.75. The number of hydrogen-bond acceptors (Lipinski definition) is 1. The standard InChI is InChI=1S/C17H16F3N/c1-11-8-15(17(18,19)20)10-16(21-11)14-6-4-13(5-7-14)9-12-2-3-12/h4-8,10,12H,2-3,9H2,1H3. The average molecular weight is 291 g/mol. The third-order valence-electron chi connectivity index (χ3n) is 3.75. The van der Waals surface area contributed by atoms with Crippen molar-refractivity contribution in [1.82, 2.24) is 4.98 Å². The van der Waals surface area contributed by atoms with Crippen LogP contribution in [0.5, 0.6) is 0 Å². The van der Waals surface area contributed by atoms with E-state index in [9.17, 15) is 13.2 Å². The van der Waals surface area contributed by atoms with E-state index in [1.807, 2.05) is 24.3 Å². The van der Waals surface area contributed by atoms with Crippen molar-refractivity contribution in [2.75, 3.05) is 0 Å². The molecular formula is C17H16F3N. The largest absolute Gasteiger partial charge is 0.416 e. The first-order valence-corrected chi connectivity index (χ1v) is 7.07. The van der Waals surface area contributed by atoms with Crippen LogP contribution in [0.3, 0.4) is 0 Å². The van der Waals surface area contributed by atoms with Gasteiger partial charge in [0.25, 0.3) is 0 Å². The van der Waals surface area contributed by atoms with Crippen molar-refractivity contribution < 1.29 is 13.2 Å². The Kier molecular flexibility index (Phi) is 3.47. The number of hydrogen-bond donors (Lipinski definition) is 0. The predicted molar refractivity (Wildman–Crippen MR) is 75.8 cm³/mol. The molecule has 1 nitrogen and oxygen atoms in total. The zero-order valence-corrected chi connectivity index (χ0v) is 11.7. The van der Waals surface area contributed by atoms with Gasteiger partial charge in [-0.1, -0.05) is 24.3 Å². The van der Waals surface area contributed by atoms with Gasteiger partial charge in [0.1, 0.15) is 0 Å². The van der Waals surface area contributed by atoms with E-state index < -0.39 is 11.7 Å². The van der Waals surface area contributed by atoms with Crippen molar-refractivity contribution in [2.45, 2.75) is 32.4 Å². The highest BCUT2D eigenvalue weighted by molar-refractivity contribution is 5.60.